The lowest BCUT2D eigenvalue weighted by atomic mass is 10.1. The van der Waals surface area contributed by atoms with Crippen LogP contribution in [0.25, 0.3) is 0 Å². The van der Waals surface area contributed by atoms with Gasteiger partial charge in [0.05, 0.1) is 5.69 Å². The number of nitrogens with two attached hydrogens (primary N) is 1. The summed E-state index contributed by atoms with van der Waals surface area (Å²) < 4.78 is 28.1. The van der Waals surface area contributed by atoms with Crippen LogP contribution in [0.15, 0.2) is 38.3 Å². The van der Waals surface area contributed by atoms with Crippen LogP contribution in [0.2, 0.25) is 0 Å². The molecular weight excluding hydrogens is 348 g/mol. The number of nitrogen functional groups attached to an aromatic ring is 1. The minimum Gasteiger partial charge on any atom is -0.398 e. The first-order valence-electron chi connectivity index (χ1n) is 5.57. The van der Waals surface area contributed by atoms with E-state index >= 15 is 0 Å². The summed E-state index contributed by atoms with van der Waals surface area (Å²) >= 11 is 4.48. The second kappa shape index (κ2) is 5.52. The number of benzene rings is 1. The second-order valence-electron chi connectivity index (χ2n) is 3.96. The molecule has 0 saturated heterocycles. The molecule has 4 nitrogen and oxygen atoms in total. The second-order valence-corrected chi connectivity index (χ2v) is 7.70. The van der Waals surface area contributed by atoms with Gasteiger partial charge in [0, 0.05) is 15.5 Å². The Morgan fingerprint density at radius 1 is 1.37 bits per heavy atom. The van der Waals surface area contributed by atoms with Gasteiger partial charge in [-0.05, 0) is 36.2 Å². The smallest absolute Gasteiger partial charge is 0.271 e. The molecule has 0 saturated carbocycles. The van der Waals surface area contributed by atoms with Crippen molar-refractivity contribution in [3.8, 4) is 0 Å². The van der Waals surface area contributed by atoms with E-state index in [1.54, 1.807) is 17.5 Å². The van der Waals surface area contributed by atoms with Gasteiger partial charge in [-0.1, -0.05) is 22.9 Å². The van der Waals surface area contributed by atoms with E-state index in [1.165, 1.54) is 6.07 Å². The molecule has 19 heavy (non-hydrogen) atoms. The predicted octanol–water partition coefficient (Wildman–Crippen LogP) is 3.46. The minimum absolute atomic E-state index is 0.218. The molecule has 1 aromatic heterocycles. The van der Waals surface area contributed by atoms with Gasteiger partial charge >= 0.3 is 0 Å². The van der Waals surface area contributed by atoms with Gasteiger partial charge in [0.2, 0.25) is 0 Å². The number of rotatable bonds is 4. The van der Waals surface area contributed by atoms with Gasteiger partial charge < -0.3 is 5.73 Å². The van der Waals surface area contributed by atoms with Gasteiger partial charge in [0.15, 0.2) is 0 Å². The number of nitrogens with one attached hydrogen (secondary N) is 1. The molecule has 0 aliphatic carbocycles. The van der Waals surface area contributed by atoms with Crippen LogP contribution in [0.4, 0.5) is 11.4 Å². The molecule has 0 aliphatic heterocycles. The van der Waals surface area contributed by atoms with Crippen LogP contribution >= 0.6 is 27.3 Å². The fraction of sp³-hybridized carbons (Fsp3) is 0.167. The first kappa shape index (κ1) is 14.4. The summed E-state index contributed by atoms with van der Waals surface area (Å²) in [5, 5.41) is 1.61. The number of hydrogen-bond acceptors (Lipinski definition) is 4. The standard InChI is InChI=1S/C12H13BrN2O2S2/c1-2-8-5-9(13)3-4-11(8)15-19(16,17)12-6-10(14)7-18-12/h3-7,15H,2,14H2,1H3. The van der Waals surface area contributed by atoms with Crippen LogP contribution < -0.4 is 10.5 Å². The third-order valence-corrected chi connectivity index (χ3v) is 5.87. The zero-order valence-corrected chi connectivity index (χ0v) is 13.4. The van der Waals surface area contributed by atoms with Crippen molar-refractivity contribution < 1.29 is 8.42 Å². The molecule has 7 heteroatoms. The molecule has 102 valence electrons. The Hall–Kier alpha value is -1.05. The minimum atomic E-state index is -3.56. The van der Waals surface area contributed by atoms with Crippen LogP contribution in [0.5, 0.6) is 0 Å². The third kappa shape index (κ3) is 3.29. The van der Waals surface area contributed by atoms with E-state index < -0.39 is 10.0 Å². The lowest BCUT2D eigenvalue weighted by Crippen LogP contribution is -2.12. The average molecular weight is 361 g/mol. The lowest BCUT2D eigenvalue weighted by molar-refractivity contribution is 0.603. The van der Waals surface area contributed by atoms with E-state index in [9.17, 15) is 8.42 Å². The highest BCUT2D eigenvalue weighted by molar-refractivity contribution is 9.10. The molecule has 0 amide bonds. The Bertz CT molecular complexity index is 696. The third-order valence-electron chi connectivity index (χ3n) is 2.55. The summed E-state index contributed by atoms with van der Waals surface area (Å²) in [5.74, 6) is 0. The highest BCUT2D eigenvalue weighted by Crippen LogP contribution is 2.27. The largest absolute Gasteiger partial charge is 0.398 e. The summed E-state index contributed by atoms with van der Waals surface area (Å²) in [6.45, 7) is 1.97. The highest BCUT2D eigenvalue weighted by Gasteiger charge is 2.17. The van der Waals surface area contributed by atoms with Crippen molar-refractivity contribution in [1.82, 2.24) is 0 Å². The van der Waals surface area contributed by atoms with E-state index in [2.05, 4.69) is 20.7 Å². The van der Waals surface area contributed by atoms with Crippen molar-refractivity contribution in [3.05, 3.63) is 39.7 Å². The van der Waals surface area contributed by atoms with Crippen LogP contribution in [-0.4, -0.2) is 8.42 Å². The lowest BCUT2D eigenvalue weighted by Gasteiger charge is -2.11. The number of halogens is 1. The van der Waals surface area contributed by atoms with Gasteiger partial charge in [-0.15, -0.1) is 11.3 Å². The van der Waals surface area contributed by atoms with Crippen LogP contribution in [-0.2, 0) is 16.4 Å². The number of aryl methyl sites for hydroxylation is 1. The van der Waals surface area contributed by atoms with Gasteiger partial charge in [-0.3, -0.25) is 4.72 Å². The topological polar surface area (TPSA) is 72.2 Å². The van der Waals surface area contributed by atoms with E-state index in [1.807, 2.05) is 13.0 Å². The number of sulfonamides is 1. The maximum absolute atomic E-state index is 12.2. The van der Waals surface area contributed by atoms with Gasteiger partial charge in [0.1, 0.15) is 4.21 Å². The zero-order valence-electron chi connectivity index (χ0n) is 10.2. The van der Waals surface area contributed by atoms with Gasteiger partial charge in [0.25, 0.3) is 10.0 Å². The summed E-state index contributed by atoms with van der Waals surface area (Å²) in [7, 11) is -3.56. The molecule has 0 bridgehead atoms. The molecule has 0 unspecified atom stereocenters. The molecule has 0 aliphatic rings. The highest BCUT2D eigenvalue weighted by atomic mass is 79.9. The van der Waals surface area contributed by atoms with Gasteiger partial charge in [-0.25, -0.2) is 8.42 Å². The molecule has 1 heterocycles. The molecule has 0 fully saturated rings. The zero-order chi connectivity index (χ0) is 14.0. The van der Waals surface area contributed by atoms with Crippen molar-refractivity contribution in [2.24, 2.45) is 0 Å². The van der Waals surface area contributed by atoms with Crippen LogP contribution in [0.3, 0.4) is 0 Å². The molecule has 2 aromatic rings. The van der Waals surface area contributed by atoms with Crippen molar-refractivity contribution in [1.29, 1.82) is 0 Å². The fourth-order valence-electron chi connectivity index (χ4n) is 1.62. The molecule has 0 radical (unpaired) electrons. The van der Waals surface area contributed by atoms with Crippen LogP contribution in [0, 0.1) is 0 Å². The van der Waals surface area contributed by atoms with Crippen molar-refractivity contribution in [3.63, 3.8) is 0 Å². The molecule has 0 spiro atoms. The quantitative estimate of drug-likeness (QED) is 0.876. The Balaban J connectivity index is 2.35. The number of anilines is 2. The maximum Gasteiger partial charge on any atom is 0.271 e. The summed E-state index contributed by atoms with van der Waals surface area (Å²) in [4.78, 5) is 0. The summed E-state index contributed by atoms with van der Waals surface area (Å²) in [6.07, 6.45) is 0.740. The normalized spacial score (nSPS) is 11.5. The molecule has 3 N–H and O–H groups in total. The maximum atomic E-state index is 12.2. The Morgan fingerprint density at radius 3 is 2.68 bits per heavy atom. The van der Waals surface area contributed by atoms with Crippen molar-refractivity contribution in [2.75, 3.05) is 10.5 Å². The van der Waals surface area contributed by atoms with E-state index in [4.69, 9.17) is 5.73 Å². The molecule has 1 aromatic carbocycles. The molecule has 0 atom stereocenters. The van der Waals surface area contributed by atoms with E-state index in [-0.39, 0.29) is 4.21 Å². The predicted molar refractivity (Wildman–Crippen MR) is 83.1 cm³/mol. The summed E-state index contributed by atoms with van der Waals surface area (Å²) in [5.41, 5.74) is 7.54. The van der Waals surface area contributed by atoms with Crippen molar-refractivity contribution in [2.45, 2.75) is 17.6 Å². The average Bonchev–Trinajstić information content (AvgIpc) is 2.79. The Labute approximate surface area is 124 Å². The van der Waals surface area contributed by atoms with E-state index in [0.29, 0.717) is 11.4 Å². The number of thiophene rings is 1. The van der Waals surface area contributed by atoms with Crippen molar-refractivity contribution >= 4 is 48.7 Å². The first-order valence-corrected chi connectivity index (χ1v) is 8.73. The monoisotopic (exact) mass is 360 g/mol. The summed E-state index contributed by atoms with van der Waals surface area (Å²) in [6, 6.07) is 6.91. The molecular formula is C12H13BrN2O2S2. The number of hydrogen-bond donors (Lipinski definition) is 2. The first-order chi connectivity index (χ1) is 8.92. The fourth-order valence-corrected chi connectivity index (χ4v) is 4.21. The SMILES string of the molecule is CCc1cc(Br)ccc1NS(=O)(=O)c1cc(N)cs1. The van der Waals surface area contributed by atoms with E-state index in [0.717, 1.165) is 27.8 Å². The molecule has 2 rings (SSSR count). The van der Waals surface area contributed by atoms with Gasteiger partial charge in [-0.2, -0.15) is 0 Å². The Morgan fingerprint density at radius 2 is 2.11 bits per heavy atom. The van der Waals surface area contributed by atoms with Crippen LogP contribution in [0.1, 0.15) is 12.5 Å². The Kier molecular flexibility index (Phi) is 4.17.